The Labute approximate surface area is 128 Å². The number of hydrogen-bond donors (Lipinski definition) is 1. The highest BCUT2D eigenvalue weighted by molar-refractivity contribution is 5.96. The lowest BCUT2D eigenvalue weighted by atomic mass is 9.93. The molecule has 0 bridgehead atoms. The van der Waals surface area contributed by atoms with Crippen LogP contribution in [0.15, 0.2) is 47.1 Å². The molecule has 1 atom stereocenters. The molecule has 1 aromatic carbocycles. The molecule has 0 radical (unpaired) electrons. The average molecular weight is 298 g/mol. The van der Waals surface area contributed by atoms with Crippen molar-refractivity contribution in [2.75, 3.05) is 6.54 Å². The number of hydrogen-bond acceptors (Lipinski definition) is 3. The third-order valence-corrected chi connectivity index (χ3v) is 3.90. The van der Waals surface area contributed by atoms with Gasteiger partial charge in [-0.25, -0.2) is 0 Å². The number of fused-ring (bicyclic) bond motifs is 1. The van der Waals surface area contributed by atoms with Gasteiger partial charge >= 0.3 is 0 Å². The third kappa shape index (κ3) is 2.62. The monoisotopic (exact) mass is 298 g/mol. The number of likely N-dealkylation sites (N-methyl/N-ethyl adjacent to an activating group) is 1. The quantitative estimate of drug-likeness (QED) is 0.942. The molecule has 0 saturated heterocycles. The topological polar surface area (TPSA) is 62.6 Å². The molecule has 0 aliphatic carbocycles. The molecule has 2 amide bonds. The maximum atomic E-state index is 12.6. The molecule has 2 heterocycles. The minimum absolute atomic E-state index is 0.128. The number of nitrogens with one attached hydrogen (secondary N) is 1. The van der Waals surface area contributed by atoms with Crippen LogP contribution in [0.5, 0.6) is 0 Å². The standard InChI is InChI=1S/C17H18N2O3/c1-2-18-16(20)14-10-12-6-3-4-7-13(12)11-19(14)17(21)15-8-5-9-22-15/h3-9,14H,2,10-11H2,1H3,(H,18,20). The first-order valence-electron chi connectivity index (χ1n) is 7.39. The van der Waals surface area contributed by atoms with Crippen LogP contribution >= 0.6 is 0 Å². The first-order chi connectivity index (χ1) is 10.7. The molecule has 1 aromatic heterocycles. The van der Waals surface area contributed by atoms with Crippen molar-refractivity contribution in [3.8, 4) is 0 Å². The fourth-order valence-electron chi connectivity index (χ4n) is 2.80. The predicted octanol–water partition coefficient (Wildman–Crippen LogP) is 1.98. The van der Waals surface area contributed by atoms with E-state index in [1.54, 1.807) is 17.0 Å². The molecule has 3 rings (SSSR count). The number of nitrogens with zero attached hydrogens (tertiary/aromatic N) is 1. The highest BCUT2D eigenvalue weighted by atomic mass is 16.3. The van der Waals surface area contributed by atoms with Crippen LogP contribution < -0.4 is 5.32 Å². The van der Waals surface area contributed by atoms with Crippen LogP contribution in [-0.4, -0.2) is 29.3 Å². The third-order valence-electron chi connectivity index (χ3n) is 3.90. The highest BCUT2D eigenvalue weighted by Crippen LogP contribution is 2.25. The Hall–Kier alpha value is -2.56. The fourth-order valence-corrected chi connectivity index (χ4v) is 2.80. The van der Waals surface area contributed by atoms with Gasteiger partial charge in [-0.1, -0.05) is 24.3 Å². The van der Waals surface area contributed by atoms with Gasteiger partial charge in [0.05, 0.1) is 6.26 Å². The van der Waals surface area contributed by atoms with Gasteiger partial charge in [-0.05, 0) is 30.2 Å². The number of benzene rings is 1. The van der Waals surface area contributed by atoms with E-state index in [2.05, 4.69) is 5.32 Å². The smallest absolute Gasteiger partial charge is 0.290 e. The fraction of sp³-hybridized carbons (Fsp3) is 0.294. The lowest BCUT2D eigenvalue weighted by Gasteiger charge is -2.35. The van der Waals surface area contributed by atoms with E-state index < -0.39 is 6.04 Å². The van der Waals surface area contributed by atoms with E-state index in [9.17, 15) is 9.59 Å². The Morgan fingerprint density at radius 3 is 2.68 bits per heavy atom. The summed E-state index contributed by atoms with van der Waals surface area (Å²) in [5.41, 5.74) is 2.19. The van der Waals surface area contributed by atoms with Gasteiger partial charge in [0.1, 0.15) is 6.04 Å². The van der Waals surface area contributed by atoms with Crippen molar-refractivity contribution >= 4 is 11.8 Å². The summed E-state index contributed by atoms with van der Waals surface area (Å²) < 4.78 is 5.20. The number of carbonyl (C=O) groups is 2. The van der Waals surface area contributed by atoms with Crippen LogP contribution in [0.4, 0.5) is 0 Å². The Morgan fingerprint density at radius 1 is 1.23 bits per heavy atom. The molecule has 0 saturated carbocycles. The average Bonchev–Trinajstić information content (AvgIpc) is 3.07. The predicted molar refractivity (Wildman–Crippen MR) is 81.2 cm³/mol. The number of amides is 2. The highest BCUT2D eigenvalue weighted by Gasteiger charge is 2.35. The van der Waals surface area contributed by atoms with Crippen LogP contribution in [0.2, 0.25) is 0 Å². The molecule has 114 valence electrons. The van der Waals surface area contributed by atoms with Gasteiger partial charge in [0.25, 0.3) is 5.91 Å². The second kappa shape index (κ2) is 6.05. The lowest BCUT2D eigenvalue weighted by Crippen LogP contribution is -2.52. The summed E-state index contributed by atoms with van der Waals surface area (Å²) in [6, 6.07) is 10.7. The molecular formula is C17H18N2O3. The summed E-state index contributed by atoms with van der Waals surface area (Å²) in [4.78, 5) is 26.6. The largest absolute Gasteiger partial charge is 0.459 e. The van der Waals surface area contributed by atoms with Gasteiger partial charge in [-0.2, -0.15) is 0 Å². The molecule has 1 aliphatic rings. The number of rotatable bonds is 3. The van der Waals surface area contributed by atoms with Gasteiger partial charge in [-0.3, -0.25) is 9.59 Å². The molecule has 1 aliphatic heterocycles. The van der Waals surface area contributed by atoms with Crippen molar-refractivity contribution in [2.24, 2.45) is 0 Å². The number of carbonyl (C=O) groups excluding carboxylic acids is 2. The van der Waals surface area contributed by atoms with Crippen LogP contribution in [0.1, 0.15) is 28.6 Å². The van der Waals surface area contributed by atoms with Crippen molar-refractivity contribution in [1.29, 1.82) is 0 Å². The molecule has 2 aromatic rings. The number of furan rings is 1. The van der Waals surface area contributed by atoms with Gasteiger partial charge < -0.3 is 14.6 Å². The molecule has 22 heavy (non-hydrogen) atoms. The van der Waals surface area contributed by atoms with Gasteiger partial charge in [0.15, 0.2) is 5.76 Å². The second-order valence-corrected chi connectivity index (χ2v) is 5.29. The summed E-state index contributed by atoms with van der Waals surface area (Å²) in [6.07, 6.45) is 1.99. The first-order valence-corrected chi connectivity index (χ1v) is 7.39. The molecular weight excluding hydrogens is 280 g/mol. The Bertz CT molecular complexity index is 679. The zero-order valence-corrected chi connectivity index (χ0v) is 12.4. The molecule has 5 nitrogen and oxygen atoms in total. The molecule has 0 fully saturated rings. The van der Waals surface area contributed by atoms with E-state index in [0.717, 1.165) is 11.1 Å². The second-order valence-electron chi connectivity index (χ2n) is 5.29. The summed E-state index contributed by atoms with van der Waals surface area (Å²) in [5.74, 6) is -0.124. The first kappa shape index (κ1) is 14.4. The summed E-state index contributed by atoms with van der Waals surface area (Å²) in [7, 11) is 0. The summed E-state index contributed by atoms with van der Waals surface area (Å²) in [5, 5.41) is 2.81. The minimum atomic E-state index is -0.507. The van der Waals surface area contributed by atoms with E-state index >= 15 is 0 Å². The van der Waals surface area contributed by atoms with Gasteiger partial charge in [0, 0.05) is 19.5 Å². The van der Waals surface area contributed by atoms with Crippen molar-refractivity contribution in [3.63, 3.8) is 0 Å². The van der Waals surface area contributed by atoms with E-state index in [-0.39, 0.29) is 17.6 Å². The summed E-state index contributed by atoms with van der Waals surface area (Å²) >= 11 is 0. The van der Waals surface area contributed by atoms with Gasteiger partial charge in [-0.15, -0.1) is 0 Å². The van der Waals surface area contributed by atoms with Crippen LogP contribution in [0, 0.1) is 0 Å². The van der Waals surface area contributed by atoms with E-state index in [0.29, 0.717) is 19.5 Å². The molecule has 5 heteroatoms. The molecule has 0 spiro atoms. The van der Waals surface area contributed by atoms with Crippen LogP contribution in [-0.2, 0) is 17.8 Å². The maximum absolute atomic E-state index is 12.6. The van der Waals surface area contributed by atoms with E-state index in [4.69, 9.17) is 4.42 Å². The lowest BCUT2D eigenvalue weighted by molar-refractivity contribution is -0.126. The SMILES string of the molecule is CCNC(=O)C1Cc2ccccc2CN1C(=O)c1ccco1. The minimum Gasteiger partial charge on any atom is -0.459 e. The van der Waals surface area contributed by atoms with Crippen LogP contribution in [0.3, 0.4) is 0 Å². The molecule has 1 unspecified atom stereocenters. The Morgan fingerprint density at radius 2 is 2.00 bits per heavy atom. The summed E-state index contributed by atoms with van der Waals surface area (Å²) in [6.45, 7) is 2.82. The van der Waals surface area contributed by atoms with Crippen LogP contribution in [0.25, 0.3) is 0 Å². The Kier molecular flexibility index (Phi) is 3.96. The normalized spacial score (nSPS) is 17.0. The van der Waals surface area contributed by atoms with Crippen molar-refractivity contribution < 1.29 is 14.0 Å². The van der Waals surface area contributed by atoms with Crippen molar-refractivity contribution in [1.82, 2.24) is 10.2 Å². The van der Waals surface area contributed by atoms with Gasteiger partial charge in [0.2, 0.25) is 5.91 Å². The molecule has 1 N–H and O–H groups in total. The van der Waals surface area contributed by atoms with Crippen molar-refractivity contribution in [2.45, 2.75) is 25.9 Å². The van der Waals surface area contributed by atoms with E-state index in [1.807, 2.05) is 31.2 Å². The Balaban J connectivity index is 1.94. The van der Waals surface area contributed by atoms with E-state index in [1.165, 1.54) is 6.26 Å². The zero-order chi connectivity index (χ0) is 15.5. The van der Waals surface area contributed by atoms with Crippen molar-refractivity contribution in [3.05, 3.63) is 59.5 Å². The maximum Gasteiger partial charge on any atom is 0.290 e. The zero-order valence-electron chi connectivity index (χ0n) is 12.4.